The lowest BCUT2D eigenvalue weighted by Gasteiger charge is -2.35. The van der Waals surface area contributed by atoms with Crippen molar-refractivity contribution in [1.29, 1.82) is 0 Å². The molecule has 12 nitrogen and oxygen atoms in total. The van der Waals surface area contributed by atoms with E-state index < -0.39 is 11.8 Å². The molecule has 8 N–H and O–H groups in total. The van der Waals surface area contributed by atoms with Crippen LogP contribution in [0.25, 0.3) is 22.1 Å². The lowest BCUT2D eigenvalue weighted by molar-refractivity contribution is 0.0992. The normalized spacial score (nSPS) is 24.9. The van der Waals surface area contributed by atoms with Gasteiger partial charge in [0.15, 0.2) is 0 Å². The summed E-state index contributed by atoms with van der Waals surface area (Å²) in [5.74, 6) is 0.728. The summed E-state index contributed by atoms with van der Waals surface area (Å²) in [6.45, 7) is 9.10. The van der Waals surface area contributed by atoms with Crippen molar-refractivity contribution in [3.8, 4) is 0 Å². The van der Waals surface area contributed by atoms with Gasteiger partial charge in [0.25, 0.3) is 0 Å². The van der Waals surface area contributed by atoms with Crippen LogP contribution < -0.4 is 33.5 Å². The van der Waals surface area contributed by atoms with Gasteiger partial charge in [0.05, 0.1) is 22.1 Å². The monoisotopic (exact) mass is 771 g/mol. The Kier molecular flexibility index (Phi) is 14.0. The van der Waals surface area contributed by atoms with Gasteiger partial charge in [-0.25, -0.2) is 9.59 Å². The highest BCUT2D eigenvalue weighted by Gasteiger charge is 2.29. The maximum Gasteiger partial charge on any atom is 0.326 e. The molecular formula is C44H66N8O4. The Hall–Kier alpha value is -4.16. The number of amides is 2. The molecule has 2 aromatic carbocycles. The number of H-pyrrole nitrogens is 2. The van der Waals surface area contributed by atoms with Gasteiger partial charge in [0.2, 0.25) is 11.8 Å². The van der Waals surface area contributed by atoms with Crippen molar-refractivity contribution in [2.75, 3.05) is 0 Å². The standard InChI is InChI=1S/C23H34N4O2.C21H32N4O2/c1-2-3-15-4-7-17(8-5-15)25-18-9-11-19(12-10-18)27-21-13-6-16(22(24)28)14-20(21)26-23(27)29;1-13(2)4-5-14(3)23-16-7-9-17(10-8-16)25-19-11-6-15(20(22)26)12-18(19)24-21(25)27/h6,13-15,17-19,25H,2-5,7-12H2,1H3,(H2,24,28)(H,26,29);6,11-14,16-17,23H,4-5,7-10H2,1-3H3,(H2,22,26)(H,24,27). The van der Waals surface area contributed by atoms with Crippen molar-refractivity contribution < 1.29 is 9.59 Å². The molecule has 1 unspecified atom stereocenters. The first-order valence-electron chi connectivity index (χ1n) is 21.5. The van der Waals surface area contributed by atoms with E-state index >= 15 is 0 Å². The van der Waals surface area contributed by atoms with Gasteiger partial charge in [0.1, 0.15) is 0 Å². The number of carbonyl (C=O) groups excluding carboxylic acids is 2. The van der Waals surface area contributed by atoms with Crippen LogP contribution in [0.2, 0.25) is 0 Å². The zero-order valence-electron chi connectivity index (χ0n) is 34.1. The zero-order valence-corrected chi connectivity index (χ0v) is 34.1. The lowest BCUT2D eigenvalue weighted by atomic mass is 9.82. The number of carbonyl (C=O) groups is 2. The van der Waals surface area contributed by atoms with Crippen LogP contribution in [0.3, 0.4) is 0 Å². The van der Waals surface area contributed by atoms with Crippen LogP contribution in [-0.2, 0) is 0 Å². The maximum atomic E-state index is 12.6. The molecule has 3 saturated carbocycles. The molecule has 56 heavy (non-hydrogen) atoms. The van der Waals surface area contributed by atoms with Crippen LogP contribution in [0.1, 0.15) is 163 Å². The minimum atomic E-state index is -0.483. The highest BCUT2D eigenvalue weighted by molar-refractivity contribution is 5.97. The molecule has 2 heterocycles. The lowest BCUT2D eigenvalue weighted by Crippen LogP contribution is -2.43. The maximum absolute atomic E-state index is 12.6. The highest BCUT2D eigenvalue weighted by atomic mass is 16.2. The number of aromatic nitrogens is 4. The van der Waals surface area contributed by atoms with Crippen molar-refractivity contribution >= 4 is 33.9 Å². The second-order valence-corrected chi connectivity index (χ2v) is 17.5. The fourth-order valence-corrected chi connectivity index (χ4v) is 9.72. The topological polar surface area (TPSA) is 186 Å². The third-order valence-corrected chi connectivity index (χ3v) is 12.8. The quantitative estimate of drug-likeness (QED) is 0.0836. The molecule has 0 radical (unpaired) electrons. The summed E-state index contributed by atoms with van der Waals surface area (Å²) in [6, 6.07) is 13.1. The fraction of sp³-hybridized carbons (Fsp3) is 0.636. The SMILES string of the molecule is CC(C)CCC(C)NC1CCC(n2c(=O)[nH]c3cc(C(N)=O)ccc32)CC1.CCCC1CCC(NC2CCC(n3c(=O)[nH]c4cc(C(N)=O)ccc43)CC2)CC1. The third kappa shape index (κ3) is 10.2. The van der Waals surface area contributed by atoms with E-state index in [1.54, 1.807) is 24.3 Å². The van der Waals surface area contributed by atoms with Crippen LogP contribution in [0.4, 0.5) is 0 Å². The van der Waals surface area contributed by atoms with Crippen molar-refractivity contribution in [2.24, 2.45) is 23.3 Å². The van der Waals surface area contributed by atoms with Crippen molar-refractivity contribution in [3.05, 3.63) is 68.5 Å². The second-order valence-electron chi connectivity index (χ2n) is 17.5. The predicted molar refractivity (Wildman–Crippen MR) is 225 cm³/mol. The van der Waals surface area contributed by atoms with Crippen LogP contribution in [-0.4, -0.2) is 55.1 Å². The average Bonchev–Trinajstić information content (AvgIpc) is 3.69. The summed E-state index contributed by atoms with van der Waals surface area (Å²) in [6.07, 6.45) is 18.9. The van der Waals surface area contributed by atoms with Gasteiger partial charge in [-0.15, -0.1) is 0 Å². The van der Waals surface area contributed by atoms with E-state index in [1.807, 2.05) is 21.3 Å². The predicted octanol–water partition coefficient (Wildman–Crippen LogP) is 7.19. The molecule has 2 amide bonds. The number of nitrogens with one attached hydrogen (secondary N) is 4. The molecule has 1 atom stereocenters. The van der Waals surface area contributed by atoms with Gasteiger partial charge < -0.3 is 32.1 Å². The van der Waals surface area contributed by atoms with E-state index in [4.69, 9.17) is 11.5 Å². The van der Waals surface area contributed by atoms with Crippen molar-refractivity contribution in [3.63, 3.8) is 0 Å². The molecule has 7 rings (SSSR count). The number of imidazole rings is 2. The number of hydrogen-bond acceptors (Lipinski definition) is 6. The minimum absolute atomic E-state index is 0.0905. The third-order valence-electron chi connectivity index (χ3n) is 12.8. The van der Waals surface area contributed by atoms with E-state index in [9.17, 15) is 19.2 Å². The molecule has 0 spiro atoms. The Balaban J connectivity index is 0.000000190. The molecule has 3 aliphatic carbocycles. The number of primary amides is 2. The van der Waals surface area contributed by atoms with Gasteiger partial charge >= 0.3 is 11.4 Å². The summed E-state index contributed by atoms with van der Waals surface area (Å²) in [4.78, 5) is 53.6. The molecule has 3 fully saturated rings. The smallest absolute Gasteiger partial charge is 0.326 e. The molecule has 0 saturated heterocycles. The number of nitrogens with zero attached hydrogens (tertiary/aromatic N) is 2. The molecule has 12 heteroatoms. The van der Waals surface area contributed by atoms with E-state index in [-0.39, 0.29) is 23.5 Å². The summed E-state index contributed by atoms with van der Waals surface area (Å²) >= 11 is 0. The molecular weight excluding hydrogens is 705 g/mol. The first-order chi connectivity index (χ1) is 26.9. The summed E-state index contributed by atoms with van der Waals surface area (Å²) < 4.78 is 3.74. The fourth-order valence-electron chi connectivity index (χ4n) is 9.72. The highest BCUT2D eigenvalue weighted by Crippen LogP contribution is 2.33. The zero-order chi connectivity index (χ0) is 39.9. The minimum Gasteiger partial charge on any atom is -0.366 e. The van der Waals surface area contributed by atoms with Crippen molar-refractivity contribution in [2.45, 2.75) is 167 Å². The Morgan fingerprint density at radius 1 is 0.679 bits per heavy atom. The molecule has 306 valence electrons. The Labute approximate surface area is 330 Å². The van der Waals surface area contributed by atoms with Gasteiger partial charge in [-0.2, -0.15) is 0 Å². The van der Waals surface area contributed by atoms with E-state index in [0.29, 0.717) is 46.3 Å². The summed E-state index contributed by atoms with van der Waals surface area (Å²) in [5.41, 5.74) is 14.4. The average molecular weight is 771 g/mol. The first kappa shape index (κ1) is 41.5. The number of rotatable bonds is 13. The number of nitrogens with two attached hydrogens (primary N) is 2. The molecule has 4 aromatic rings. The van der Waals surface area contributed by atoms with Crippen LogP contribution >= 0.6 is 0 Å². The number of fused-ring (bicyclic) bond motifs is 2. The summed E-state index contributed by atoms with van der Waals surface area (Å²) in [5, 5.41) is 7.68. The Bertz CT molecular complexity index is 2030. The second kappa shape index (κ2) is 18.9. The van der Waals surface area contributed by atoms with Gasteiger partial charge in [-0.1, -0.05) is 33.6 Å². The van der Waals surface area contributed by atoms with Crippen LogP contribution in [0.15, 0.2) is 46.0 Å². The summed E-state index contributed by atoms with van der Waals surface area (Å²) in [7, 11) is 0. The van der Waals surface area contributed by atoms with Crippen LogP contribution in [0, 0.1) is 11.8 Å². The van der Waals surface area contributed by atoms with Gasteiger partial charge in [-0.3, -0.25) is 18.7 Å². The molecule has 0 aliphatic heterocycles. The number of aromatic amines is 2. The van der Waals surface area contributed by atoms with Crippen molar-refractivity contribution in [1.82, 2.24) is 29.7 Å². The molecule has 0 bridgehead atoms. The van der Waals surface area contributed by atoms with Gasteiger partial charge in [0, 0.05) is 47.4 Å². The van der Waals surface area contributed by atoms with Crippen LogP contribution in [0.5, 0.6) is 0 Å². The number of hydrogen-bond donors (Lipinski definition) is 6. The van der Waals surface area contributed by atoms with E-state index in [1.165, 1.54) is 51.4 Å². The Morgan fingerprint density at radius 2 is 1.12 bits per heavy atom. The Morgan fingerprint density at radius 3 is 1.55 bits per heavy atom. The molecule has 2 aromatic heterocycles. The van der Waals surface area contributed by atoms with E-state index in [2.05, 4.69) is 48.3 Å². The van der Waals surface area contributed by atoms with E-state index in [0.717, 1.165) is 74.2 Å². The number of benzene rings is 2. The molecule has 3 aliphatic rings. The van der Waals surface area contributed by atoms with Gasteiger partial charge in [-0.05, 0) is 145 Å². The first-order valence-corrected chi connectivity index (χ1v) is 21.5. The largest absolute Gasteiger partial charge is 0.366 e.